The third kappa shape index (κ3) is 3.08. The highest BCUT2D eigenvalue weighted by Gasteiger charge is 2.41. The van der Waals surface area contributed by atoms with Gasteiger partial charge < -0.3 is 20.1 Å². The first-order chi connectivity index (χ1) is 14.0. The van der Waals surface area contributed by atoms with E-state index in [1.165, 1.54) is 5.56 Å². The molecule has 0 saturated heterocycles. The maximum absolute atomic E-state index is 12.8. The van der Waals surface area contributed by atoms with Gasteiger partial charge in [0, 0.05) is 18.7 Å². The molecule has 29 heavy (non-hydrogen) atoms. The van der Waals surface area contributed by atoms with Gasteiger partial charge in [-0.1, -0.05) is 0 Å². The summed E-state index contributed by atoms with van der Waals surface area (Å²) in [7, 11) is 3.26. The number of carbonyl (C=O) groups excluding carboxylic acids is 2. The highest BCUT2D eigenvalue weighted by Crippen LogP contribution is 2.48. The second kappa shape index (κ2) is 7.35. The van der Waals surface area contributed by atoms with E-state index in [0.717, 1.165) is 42.6 Å². The Hall–Kier alpha value is -3.16. The second-order valence-electron chi connectivity index (χ2n) is 7.52. The van der Waals surface area contributed by atoms with E-state index in [-0.39, 0.29) is 11.8 Å². The predicted molar refractivity (Wildman–Crippen MR) is 107 cm³/mol. The summed E-state index contributed by atoms with van der Waals surface area (Å²) in [5, 5.41) is 0. The Morgan fingerprint density at radius 3 is 2.59 bits per heavy atom. The highest BCUT2D eigenvalue weighted by atomic mass is 16.5. The fraction of sp³-hybridized carbons (Fsp3) is 0.429. The second-order valence-corrected chi connectivity index (χ2v) is 7.52. The highest BCUT2D eigenvalue weighted by molar-refractivity contribution is 6.01. The average Bonchev–Trinajstić information content (AvgIpc) is 2.72. The zero-order valence-electron chi connectivity index (χ0n) is 16.9. The number of allylic oxidation sites excluding steroid dienone is 2. The van der Waals surface area contributed by atoms with E-state index in [2.05, 4.69) is 15.8 Å². The average molecular weight is 398 g/mol. The van der Waals surface area contributed by atoms with Gasteiger partial charge in [-0.25, -0.2) is 4.79 Å². The number of ketones is 1. The molecule has 0 spiro atoms. The van der Waals surface area contributed by atoms with Gasteiger partial charge in [-0.2, -0.15) is 0 Å². The van der Waals surface area contributed by atoms with E-state index >= 15 is 0 Å². The lowest BCUT2D eigenvalue weighted by molar-refractivity contribution is -0.116. The molecule has 1 aromatic carbocycles. The van der Waals surface area contributed by atoms with Gasteiger partial charge in [0.1, 0.15) is 0 Å². The summed E-state index contributed by atoms with van der Waals surface area (Å²) in [6, 6.07) is 3.29. The first kappa shape index (κ1) is 19.2. The van der Waals surface area contributed by atoms with Crippen LogP contribution in [0.1, 0.15) is 43.4 Å². The first-order valence-corrected chi connectivity index (χ1v) is 9.76. The van der Waals surface area contributed by atoms with Gasteiger partial charge in [-0.15, -0.1) is 0 Å². The molecule has 0 aromatic heterocycles. The molecule has 8 nitrogen and oxygen atoms in total. The zero-order valence-corrected chi connectivity index (χ0v) is 16.9. The third-order valence-electron chi connectivity index (χ3n) is 5.97. The lowest BCUT2D eigenvalue weighted by Crippen LogP contribution is -2.47. The molecule has 4 rings (SSSR count). The number of urea groups is 1. The van der Waals surface area contributed by atoms with E-state index in [0.29, 0.717) is 29.2 Å². The molecule has 154 valence electrons. The number of amides is 2. The number of ether oxygens (including phenoxy) is 2. The largest absolute Gasteiger partial charge is 0.493 e. The van der Waals surface area contributed by atoms with Crippen molar-refractivity contribution in [2.75, 3.05) is 20.8 Å². The van der Waals surface area contributed by atoms with E-state index in [4.69, 9.17) is 15.2 Å². The van der Waals surface area contributed by atoms with Crippen molar-refractivity contribution >= 4 is 11.8 Å². The molecule has 1 aromatic rings. The number of primary amides is 1. The van der Waals surface area contributed by atoms with Crippen LogP contribution >= 0.6 is 0 Å². The van der Waals surface area contributed by atoms with Crippen molar-refractivity contribution in [3.05, 3.63) is 45.8 Å². The number of fused-ring (bicyclic) bond motifs is 4. The number of nitrogens with one attached hydrogen (secondary N) is 2. The molecule has 2 aliphatic heterocycles. The van der Waals surface area contributed by atoms with Crippen LogP contribution in [0.15, 0.2) is 34.7 Å². The van der Waals surface area contributed by atoms with Crippen molar-refractivity contribution in [1.29, 1.82) is 0 Å². The molecular weight excluding hydrogens is 372 g/mol. The van der Waals surface area contributed by atoms with Crippen molar-refractivity contribution in [3.63, 3.8) is 0 Å². The number of benzene rings is 1. The molecule has 0 fully saturated rings. The number of nitrogens with two attached hydrogens (primary N) is 1. The molecule has 0 unspecified atom stereocenters. The van der Waals surface area contributed by atoms with Crippen LogP contribution in [0.3, 0.4) is 0 Å². The standard InChI is InChI=1S/C21H26N4O4/c1-11-19(23-24-21(22)27)18-14(5-4-6-15(18)26)25-8-7-12-9-16(28-2)17(29-3)10-13(12)20(11)25/h9-10,20,23H,4-8H2,1-3H3,(H3,22,24,27)/t20-/m1/s1. The van der Waals surface area contributed by atoms with Crippen LogP contribution in [0.4, 0.5) is 4.79 Å². The van der Waals surface area contributed by atoms with Gasteiger partial charge in [0.05, 0.1) is 31.5 Å². The van der Waals surface area contributed by atoms with Gasteiger partial charge in [-0.05, 0) is 55.0 Å². The Morgan fingerprint density at radius 2 is 1.90 bits per heavy atom. The molecule has 2 heterocycles. The van der Waals surface area contributed by atoms with Crippen molar-refractivity contribution in [2.24, 2.45) is 5.73 Å². The van der Waals surface area contributed by atoms with E-state index in [9.17, 15) is 9.59 Å². The number of rotatable bonds is 4. The molecule has 0 bridgehead atoms. The van der Waals surface area contributed by atoms with Crippen molar-refractivity contribution in [2.45, 2.75) is 38.6 Å². The minimum atomic E-state index is -0.700. The minimum absolute atomic E-state index is 0.0552. The Kier molecular flexibility index (Phi) is 4.86. The molecule has 1 atom stereocenters. The Morgan fingerprint density at radius 1 is 1.17 bits per heavy atom. The van der Waals surface area contributed by atoms with E-state index in [1.54, 1.807) is 14.2 Å². The van der Waals surface area contributed by atoms with Gasteiger partial charge in [0.15, 0.2) is 17.3 Å². The molecule has 8 heteroatoms. The van der Waals surface area contributed by atoms with E-state index in [1.807, 2.05) is 19.1 Å². The number of hydrazine groups is 1. The quantitative estimate of drug-likeness (QED) is 0.671. The predicted octanol–water partition coefficient (Wildman–Crippen LogP) is 2.07. The lowest BCUT2D eigenvalue weighted by atomic mass is 9.79. The summed E-state index contributed by atoms with van der Waals surface area (Å²) in [6.45, 7) is 2.80. The Bertz CT molecular complexity index is 950. The normalized spacial score (nSPS) is 20.6. The summed E-state index contributed by atoms with van der Waals surface area (Å²) >= 11 is 0. The Balaban J connectivity index is 1.87. The number of carbonyl (C=O) groups is 2. The van der Waals surface area contributed by atoms with Crippen LogP contribution < -0.4 is 26.1 Å². The summed E-state index contributed by atoms with van der Waals surface area (Å²) in [4.78, 5) is 26.4. The van der Waals surface area contributed by atoms with Gasteiger partial charge in [0.25, 0.3) is 0 Å². The molecule has 1 aliphatic carbocycles. The molecule has 2 amide bonds. The number of hydrogen-bond donors (Lipinski definition) is 3. The smallest absolute Gasteiger partial charge is 0.330 e. The topological polar surface area (TPSA) is 106 Å². The minimum Gasteiger partial charge on any atom is -0.493 e. The first-order valence-electron chi connectivity index (χ1n) is 9.76. The zero-order chi connectivity index (χ0) is 20.7. The van der Waals surface area contributed by atoms with Crippen LogP contribution in [0.2, 0.25) is 0 Å². The monoisotopic (exact) mass is 398 g/mol. The SMILES string of the molecule is COc1cc2c(cc1OC)[C@H]1C(C)=C(NNC(N)=O)C3=C(CCCC3=O)N1CC2. The number of nitrogens with zero attached hydrogens (tertiary/aromatic N) is 1. The summed E-state index contributed by atoms with van der Waals surface area (Å²) < 4.78 is 11.0. The maximum atomic E-state index is 12.8. The number of methoxy groups -OCH3 is 2. The van der Waals surface area contributed by atoms with Crippen molar-refractivity contribution in [3.8, 4) is 11.5 Å². The fourth-order valence-corrected chi connectivity index (χ4v) is 4.72. The molecular formula is C21H26N4O4. The third-order valence-corrected chi connectivity index (χ3v) is 5.97. The van der Waals surface area contributed by atoms with Gasteiger partial charge >= 0.3 is 6.03 Å². The summed E-state index contributed by atoms with van der Waals surface area (Å²) in [5.74, 6) is 1.47. The van der Waals surface area contributed by atoms with Crippen LogP contribution in [0.5, 0.6) is 11.5 Å². The van der Waals surface area contributed by atoms with Crippen LogP contribution in [0, 0.1) is 0 Å². The summed E-state index contributed by atoms with van der Waals surface area (Å²) in [6.07, 6.45) is 3.02. The van der Waals surface area contributed by atoms with E-state index < -0.39 is 6.03 Å². The van der Waals surface area contributed by atoms with Gasteiger partial charge in [-0.3, -0.25) is 15.6 Å². The molecule has 0 saturated carbocycles. The number of hydrogen-bond acceptors (Lipinski definition) is 6. The number of Topliss-reactive ketones (excluding diaryl/α,β-unsaturated/α-hetero) is 1. The summed E-state index contributed by atoms with van der Waals surface area (Å²) in [5.41, 5.74) is 16.2. The lowest BCUT2D eigenvalue weighted by Gasteiger charge is -2.46. The maximum Gasteiger partial charge on any atom is 0.330 e. The van der Waals surface area contributed by atoms with Crippen LogP contribution in [-0.4, -0.2) is 37.5 Å². The molecule has 0 radical (unpaired) electrons. The molecule has 4 N–H and O–H groups in total. The van der Waals surface area contributed by atoms with Crippen LogP contribution in [0.25, 0.3) is 0 Å². The van der Waals surface area contributed by atoms with Crippen molar-refractivity contribution in [1.82, 2.24) is 15.8 Å². The van der Waals surface area contributed by atoms with Crippen molar-refractivity contribution < 1.29 is 19.1 Å². The molecule has 3 aliphatic rings. The van der Waals surface area contributed by atoms with Crippen LogP contribution in [-0.2, 0) is 11.2 Å². The fourth-order valence-electron chi connectivity index (χ4n) is 4.72. The van der Waals surface area contributed by atoms with Gasteiger partial charge in [0.2, 0.25) is 0 Å². The Labute approximate surface area is 169 Å².